The minimum Gasteiger partial charge on any atom is -0.462 e. The van der Waals surface area contributed by atoms with Crippen molar-refractivity contribution in [3.63, 3.8) is 0 Å². The van der Waals surface area contributed by atoms with Gasteiger partial charge >= 0.3 is 11.9 Å². The average molecular weight is 294 g/mol. The minimum atomic E-state index is -0.209. The summed E-state index contributed by atoms with van der Waals surface area (Å²) in [5.41, 5.74) is 0.210. The fourth-order valence-corrected chi connectivity index (χ4v) is 5.17. The highest BCUT2D eigenvalue weighted by Crippen LogP contribution is 2.58. The first-order valence-electron chi connectivity index (χ1n) is 8.21. The van der Waals surface area contributed by atoms with Crippen LogP contribution >= 0.6 is 0 Å². The van der Waals surface area contributed by atoms with E-state index in [1.165, 1.54) is 6.92 Å². The Bertz CT molecular complexity index is 460. The lowest BCUT2D eigenvalue weighted by molar-refractivity contribution is -0.173. The van der Waals surface area contributed by atoms with Crippen molar-refractivity contribution in [2.24, 2.45) is 29.1 Å². The highest BCUT2D eigenvalue weighted by Gasteiger charge is 2.58. The molecule has 0 unspecified atom stereocenters. The van der Waals surface area contributed by atoms with Gasteiger partial charge < -0.3 is 9.47 Å². The molecular formula is C17H26O4. The Hall–Kier alpha value is -1.06. The predicted octanol–water partition coefficient (Wildman–Crippen LogP) is 2.94. The smallest absolute Gasteiger partial charge is 0.309 e. The van der Waals surface area contributed by atoms with E-state index in [9.17, 15) is 9.59 Å². The monoisotopic (exact) mass is 294 g/mol. The standard InChI is InChI=1S/C17H26O4/c1-9-12-5-7-17(4)8-6-13(20-11(3)18)10(2)14(17)15(12)21-16(9)19/h9-10,12-15H,5-8H2,1-4H3/t9-,10+,12-,13-,14+,15-,17-/m0/s1. The predicted molar refractivity (Wildman–Crippen MR) is 77.3 cm³/mol. The molecule has 118 valence electrons. The first kappa shape index (κ1) is 14.9. The molecule has 1 heterocycles. The van der Waals surface area contributed by atoms with Gasteiger partial charge in [0, 0.05) is 18.8 Å². The second kappa shape index (κ2) is 4.99. The van der Waals surface area contributed by atoms with Crippen LogP contribution in [0.1, 0.15) is 53.4 Å². The van der Waals surface area contributed by atoms with Gasteiger partial charge in [0.2, 0.25) is 0 Å². The summed E-state index contributed by atoms with van der Waals surface area (Å²) in [5.74, 6) is 0.660. The summed E-state index contributed by atoms with van der Waals surface area (Å²) in [6.45, 7) is 7.95. The van der Waals surface area contributed by atoms with Crippen LogP contribution in [0.3, 0.4) is 0 Å². The van der Waals surface area contributed by atoms with Gasteiger partial charge in [0.1, 0.15) is 12.2 Å². The summed E-state index contributed by atoms with van der Waals surface area (Å²) in [6, 6.07) is 0. The summed E-state index contributed by atoms with van der Waals surface area (Å²) < 4.78 is 11.3. The number of ether oxygens (including phenoxy) is 2. The third kappa shape index (κ3) is 2.27. The van der Waals surface area contributed by atoms with Crippen LogP contribution in [0, 0.1) is 29.1 Å². The molecule has 4 nitrogen and oxygen atoms in total. The Kier molecular flexibility index (Phi) is 3.53. The molecule has 7 atom stereocenters. The molecule has 1 saturated heterocycles. The summed E-state index contributed by atoms with van der Waals surface area (Å²) in [4.78, 5) is 23.3. The number of hydrogen-bond donors (Lipinski definition) is 0. The zero-order chi connectivity index (χ0) is 15.4. The van der Waals surface area contributed by atoms with Gasteiger partial charge in [0.25, 0.3) is 0 Å². The largest absolute Gasteiger partial charge is 0.462 e. The fourth-order valence-electron chi connectivity index (χ4n) is 5.17. The van der Waals surface area contributed by atoms with Crippen molar-refractivity contribution in [1.82, 2.24) is 0 Å². The molecule has 2 aliphatic carbocycles. The van der Waals surface area contributed by atoms with Crippen LogP contribution < -0.4 is 0 Å². The van der Waals surface area contributed by atoms with Crippen LogP contribution in [0.2, 0.25) is 0 Å². The normalized spacial score (nSPS) is 49.0. The van der Waals surface area contributed by atoms with Crippen LogP contribution in [0.4, 0.5) is 0 Å². The first-order valence-corrected chi connectivity index (χ1v) is 8.21. The van der Waals surface area contributed by atoms with Crippen LogP contribution in [0.15, 0.2) is 0 Å². The van der Waals surface area contributed by atoms with E-state index in [0.29, 0.717) is 11.8 Å². The van der Waals surface area contributed by atoms with E-state index in [2.05, 4.69) is 13.8 Å². The molecule has 0 N–H and O–H groups in total. The quantitative estimate of drug-likeness (QED) is 0.698. The highest BCUT2D eigenvalue weighted by atomic mass is 16.6. The first-order chi connectivity index (χ1) is 9.83. The number of fused-ring (bicyclic) bond motifs is 3. The third-order valence-electron chi connectivity index (χ3n) is 6.37. The maximum absolute atomic E-state index is 12.0. The number of esters is 2. The van der Waals surface area contributed by atoms with E-state index in [1.54, 1.807) is 0 Å². The SMILES string of the molecule is CC(=O)O[C@H]1CC[C@]2(C)CC[C@@H]3[C@H](OC(=O)[C@H]3C)[C@H]2[C@@H]1C. The molecule has 0 radical (unpaired) electrons. The lowest BCUT2D eigenvalue weighted by Gasteiger charge is -2.54. The Morgan fingerprint density at radius 3 is 2.62 bits per heavy atom. The van der Waals surface area contributed by atoms with Crippen LogP contribution in [0.5, 0.6) is 0 Å². The van der Waals surface area contributed by atoms with Gasteiger partial charge in [-0.05, 0) is 37.0 Å². The highest BCUT2D eigenvalue weighted by molar-refractivity contribution is 5.75. The number of carbonyl (C=O) groups is 2. The van der Waals surface area contributed by atoms with Gasteiger partial charge in [-0.15, -0.1) is 0 Å². The molecule has 21 heavy (non-hydrogen) atoms. The molecule has 1 aliphatic heterocycles. The Morgan fingerprint density at radius 2 is 1.95 bits per heavy atom. The fraction of sp³-hybridized carbons (Fsp3) is 0.882. The van der Waals surface area contributed by atoms with Crippen molar-refractivity contribution < 1.29 is 19.1 Å². The Labute approximate surface area is 126 Å². The van der Waals surface area contributed by atoms with E-state index in [0.717, 1.165) is 25.7 Å². The molecule has 3 rings (SSSR count). The maximum atomic E-state index is 12.0. The topological polar surface area (TPSA) is 52.6 Å². The van der Waals surface area contributed by atoms with E-state index < -0.39 is 0 Å². The maximum Gasteiger partial charge on any atom is 0.309 e. The van der Waals surface area contributed by atoms with Gasteiger partial charge in [-0.1, -0.05) is 20.8 Å². The van der Waals surface area contributed by atoms with Crippen LogP contribution in [-0.4, -0.2) is 24.1 Å². The molecule has 0 aromatic heterocycles. The van der Waals surface area contributed by atoms with Crippen LogP contribution in [0.25, 0.3) is 0 Å². The van der Waals surface area contributed by atoms with Crippen molar-refractivity contribution in [2.75, 3.05) is 0 Å². The zero-order valence-electron chi connectivity index (χ0n) is 13.4. The van der Waals surface area contributed by atoms with Gasteiger partial charge in [-0.25, -0.2) is 0 Å². The Morgan fingerprint density at radius 1 is 1.29 bits per heavy atom. The zero-order valence-corrected chi connectivity index (χ0v) is 13.4. The average Bonchev–Trinajstić information content (AvgIpc) is 2.68. The lowest BCUT2D eigenvalue weighted by atomic mass is 9.52. The molecule has 0 aromatic rings. The molecule has 0 bridgehead atoms. The number of hydrogen-bond acceptors (Lipinski definition) is 4. The minimum absolute atomic E-state index is 0.0135. The molecule has 2 saturated carbocycles. The summed E-state index contributed by atoms with van der Waals surface area (Å²) in [7, 11) is 0. The van der Waals surface area contributed by atoms with Crippen molar-refractivity contribution >= 4 is 11.9 Å². The van der Waals surface area contributed by atoms with Gasteiger partial charge in [0.15, 0.2) is 0 Å². The van der Waals surface area contributed by atoms with E-state index in [1.807, 2.05) is 6.92 Å². The second-order valence-corrected chi connectivity index (χ2v) is 7.62. The van der Waals surface area contributed by atoms with Crippen molar-refractivity contribution in [3.8, 4) is 0 Å². The number of carbonyl (C=O) groups excluding carboxylic acids is 2. The van der Waals surface area contributed by atoms with E-state index in [-0.39, 0.29) is 41.4 Å². The molecule has 0 amide bonds. The summed E-state index contributed by atoms with van der Waals surface area (Å²) in [6.07, 6.45) is 4.18. The van der Waals surface area contributed by atoms with Crippen molar-refractivity contribution in [2.45, 2.75) is 65.6 Å². The number of rotatable bonds is 1. The van der Waals surface area contributed by atoms with Crippen molar-refractivity contribution in [1.29, 1.82) is 0 Å². The molecule has 0 spiro atoms. The molecule has 3 fully saturated rings. The lowest BCUT2D eigenvalue weighted by Crippen LogP contribution is -2.54. The summed E-state index contributed by atoms with van der Waals surface area (Å²) >= 11 is 0. The Balaban J connectivity index is 1.87. The summed E-state index contributed by atoms with van der Waals surface area (Å²) in [5, 5.41) is 0. The van der Waals surface area contributed by atoms with Gasteiger partial charge in [-0.3, -0.25) is 9.59 Å². The molecule has 3 aliphatic rings. The van der Waals surface area contributed by atoms with E-state index >= 15 is 0 Å². The van der Waals surface area contributed by atoms with Gasteiger partial charge in [0.05, 0.1) is 5.92 Å². The third-order valence-corrected chi connectivity index (χ3v) is 6.37. The molecule has 4 heteroatoms. The molecule has 0 aromatic carbocycles. The molecular weight excluding hydrogens is 268 g/mol. The van der Waals surface area contributed by atoms with Crippen molar-refractivity contribution in [3.05, 3.63) is 0 Å². The van der Waals surface area contributed by atoms with Crippen LogP contribution in [-0.2, 0) is 19.1 Å². The van der Waals surface area contributed by atoms with Gasteiger partial charge in [-0.2, -0.15) is 0 Å². The van der Waals surface area contributed by atoms with E-state index in [4.69, 9.17) is 9.47 Å². The second-order valence-electron chi connectivity index (χ2n) is 7.62.